The maximum Gasteiger partial charge on any atom is 0.296 e. The first kappa shape index (κ1) is 18.6. The van der Waals surface area contributed by atoms with E-state index in [1.807, 2.05) is 0 Å². The minimum absolute atomic E-state index is 0.0192. The van der Waals surface area contributed by atoms with Crippen LogP contribution in [0.15, 0.2) is 76.1 Å². The van der Waals surface area contributed by atoms with Crippen molar-refractivity contribution in [1.82, 2.24) is 4.98 Å². The highest BCUT2D eigenvalue weighted by Crippen LogP contribution is 2.41. The number of nitro benzene ring substituents is 1. The molecule has 8 nitrogen and oxygen atoms in total. The molecular weight excluding hydrogens is 405 g/mol. The van der Waals surface area contributed by atoms with Crippen LogP contribution in [0.25, 0.3) is 11.0 Å². The lowest BCUT2D eigenvalue weighted by Gasteiger charge is -2.23. The fourth-order valence-electron chi connectivity index (χ4n) is 3.80. The van der Waals surface area contributed by atoms with Crippen molar-refractivity contribution < 1.29 is 18.5 Å². The SMILES string of the molecule is O=C1c2oc3ccc(F)cc3c(=O)c2[C@H](c2cccc([N+](=O)[O-])c2)N1c1ccccn1. The maximum atomic E-state index is 13.8. The summed E-state index contributed by atoms with van der Waals surface area (Å²) in [6.45, 7) is 0. The zero-order valence-electron chi connectivity index (χ0n) is 15.7. The Kier molecular flexibility index (Phi) is 4.11. The molecule has 0 saturated heterocycles. The van der Waals surface area contributed by atoms with Gasteiger partial charge in [-0.15, -0.1) is 0 Å². The molecule has 0 unspecified atom stereocenters. The first-order chi connectivity index (χ1) is 15.0. The fraction of sp³-hybridized carbons (Fsp3) is 0.0455. The summed E-state index contributed by atoms with van der Waals surface area (Å²) in [5.74, 6) is -1.21. The van der Waals surface area contributed by atoms with Gasteiger partial charge in [0.1, 0.15) is 17.2 Å². The number of anilines is 1. The number of hydrogen-bond donors (Lipinski definition) is 0. The molecule has 152 valence electrons. The number of halogens is 1. The summed E-state index contributed by atoms with van der Waals surface area (Å²) in [6.07, 6.45) is 1.48. The molecule has 0 aliphatic carbocycles. The Labute approximate surface area is 173 Å². The Morgan fingerprint density at radius 2 is 1.90 bits per heavy atom. The number of hydrogen-bond acceptors (Lipinski definition) is 6. The van der Waals surface area contributed by atoms with E-state index in [4.69, 9.17) is 4.42 Å². The molecule has 0 radical (unpaired) electrons. The van der Waals surface area contributed by atoms with Gasteiger partial charge in [0.05, 0.1) is 21.9 Å². The van der Waals surface area contributed by atoms with E-state index in [0.29, 0.717) is 5.56 Å². The third kappa shape index (κ3) is 2.86. The minimum Gasteiger partial charge on any atom is -0.450 e. The van der Waals surface area contributed by atoms with Gasteiger partial charge in [-0.1, -0.05) is 18.2 Å². The van der Waals surface area contributed by atoms with Gasteiger partial charge in [0, 0.05) is 18.3 Å². The van der Waals surface area contributed by atoms with E-state index in [2.05, 4.69) is 4.98 Å². The number of benzene rings is 2. The number of amides is 1. The molecule has 2 aromatic heterocycles. The standard InChI is InChI=1S/C22H12FN3O5/c23-13-7-8-16-15(11-13)20(27)18-19(12-4-3-5-14(10-12)26(29)30)25(22(28)21(18)31-16)17-6-1-2-9-24-17/h1-11,19H/t19-/m0/s1. The summed E-state index contributed by atoms with van der Waals surface area (Å²) in [6, 6.07) is 13.0. The first-order valence-electron chi connectivity index (χ1n) is 9.21. The number of pyridine rings is 1. The number of carbonyl (C=O) groups excluding carboxylic acids is 1. The number of fused-ring (bicyclic) bond motifs is 2. The maximum absolute atomic E-state index is 13.8. The quantitative estimate of drug-likeness (QED) is 0.369. The van der Waals surface area contributed by atoms with Gasteiger partial charge in [-0.3, -0.25) is 24.6 Å². The third-order valence-electron chi connectivity index (χ3n) is 5.13. The highest BCUT2D eigenvalue weighted by Gasteiger charge is 2.44. The Hall–Kier alpha value is -4.40. The Bertz CT molecular complexity index is 1430. The number of nitro groups is 1. The smallest absolute Gasteiger partial charge is 0.296 e. The highest BCUT2D eigenvalue weighted by atomic mass is 19.1. The number of non-ortho nitro benzene ring substituents is 1. The molecule has 4 aromatic rings. The van der Waals surface area contributed by atoms with Crippen LogP contribution in [-0.4, -0.2) is 15.8 Å². The Morgan fingerprint density at radius 1 is 1.06 bits per heavy atom. The second-order valence-corrected chi connectivity index (χ2v) is 6.93. The van der Waals surface area contributed by atoms with Crippen LogP contribution in [0, 0.1) is 15.9 Å². The third-order valence-corrected chi connectivity index (χ3v) is 5.13. The van der Waals surface area contributed by atoms with Crippen molar-refractivity contribution in [2.75, 3.05) is 4.90 Å². The largest absolute Gasteiger partial charge is 0.450 e. The van der Waals surface area contributed by atoms with Crippen molar-refractivity contribution in [3.8, 4) is 0 Å². The van der Waals surface area contributed by atoms with Crippen molar-refractivity contribution in [1.29, 1.82) is 0 Å². The monoisotopic (exact) mass is 417 g/mol. The highest BCUT2D eigenvalue weighted by molar-refractivity contribution is 6.10. The van der Waals surface area contributed by atoms with Gasteiger partial charge in [0.2, 0.25) is 5.76 Å². The van der Waals surface area contributed by atoms with Gasteiger partial charge in [-0.05, 0) is 35.9 Å². The molecule has 9 heteroatoms. The second-order valence-electron chi connectivity index (χ2n) is 6.93. The summed E-state index contributed by atoms with van der Waals surface area (Å²) in [5, 5.41) is 11.3. The van der Waals surface area contributed by atoms with Crippen LogP contribution in [0.1, 0.15) is 27.7 Å². The molecule has 0 spiro atoms. The van der Waals surface area contributed by atoms with E-state index in [1.54, 1.807) is 24.3 Å². The number of aromatic nitrogens is 1. The molecule has 1 aliphatic heterocycles. The molecule has 0 saturated carbocycles. The van der Waals surface area contributed by atoms with Gasteiger partial charge >= 0.3 is 0 Å². The summed E-state index contributed by atoms with van der Waals surface area (Å²) >= 11 is 0. The van der Waals surface area contributed by atoms with Crippen molar-refractivity contribution in [3.05, 3.63) is 110 Å². The second kappa shape index (κ2) is 6.84. The van der Waals surface area contributed by atoms with E-state index >= 15 is 0 Å². The lowest BCUT2D eigenvalue weighted by atomic mass is 9.98. The molecule has 1 aliphatic rings. The molecule has 31 heavy (non-hydrogen) atoms. The summed E-state index contributed by atoms with van der Waals surface area (Å²) in [5.41, 5.74) is -0.405. The van der Waals surface area contributed by atoms with Crippen LogP contribution in [-0.2, 0) is 0 Å². The van der Waals surface area contributed by atoms with Crippen molar-refractivity contribution in [3.63, 3.8) is 0 Å². The van der Waals surface area contributed by atoms with Gasteiger partial charge in [0.25, 0.3) is 11.6 Å². The average Bonchev–Trinajstić information content (AvgIpc) is 3.07. The summed E-state index contributed by atoms with van der Waals surface area (Å²) in [4.78, 5) is 42.8. The van der Waals surface area contributed by atoms with Crippen molar-refractivity contribution in [2.45, 2.75) is 6.04 Å². The van der Waals surface area contributed by atoms with Crippen molar-refractivity contribution >= 4 is 28.4 Å². The fourth-order valence-corrected chi connectivity index (χ4v) is 3.80. The number of nitrogens with zero attached hydrogens (tertiary/aromatic N) is 3. The van der Waals surface area contributed by atoms with E-state index < -0.39 is 28.1 Å². The molecule has 2 aromatic carbocycles. The number of carbonyl (C=O) groups is 1. The zero-order chi connectivity index (χ0) is 21.7. The summed E-state index contributed by atoms with van der Waals surface area (Å²) in [7, 11) is 0. The van der Waals surface area contributed by atoms with E-state index in [0.717, 1.165) is 12.1 Å². The number of rotatable bonds is 3. The minimum atomic E-state index is -1.03. The topological polar surface area (TPSA) is 107 Å². The Morgan fingerprint density at radius 3 is 2.65 bits per heavy atom. The molecule has 0 N–H and O–H groups in total. The van der Waals surface area contributed by atoms with E-state index in [-0.39, 0.29) is 33.8 Å². The van der Waals surface area contributed by atoms with Crippen LogP contribution < -0.4 is 10.3 Å². The van der Waals surface area contributed by atoms with Crippen molar-refractivity contribution in [2.24, 2.45) is 0 Å². The molecule has 5 rings (SSSR count). The normalized spacial score (nSPS) is 15.3. The lowest BCUT2D eigenvalue weighted by Crippen LogP contribution is -2.30. The van der Waals surface area contributed by atoms with Gasteiger partial charge < -0.3 is 4.42 Å². The van der Waals surface area contributed by atoms with E-state index in [1.165, 1.54) is 35.4 Å². The summed E-state index contributed by atoms with van der Waals surface area (Å²) < 4.78 is 19.5. The molecule has 3 heterocycles. The Balaban J connectivity index is 1.83. The van der Waals surface area contributed by atoms with Crippen LogP contribution in [0.5, 0.6) is 0 Å². The van der Waals surface area contributed by atoms with Crippen LogP contribution in [0.3, 0.4) is 0 Å². The molecule has 0 bridgehead atoms. The van der Waals surface area contributed by atoms with Gasteiger partial charge in [-0.25, -0.2) is 9.37 Å². The molecule has 1 amide bonds. The van der Waals surface area contributed by atoms with Crippen LogP contribution >= 0.6 is 0 Å². The first-order valence-corrected chi connectivity index (χ1v) is 9.21. The molecular formula is C22H12FN3O5. The van der Waals surface area contributed by atoms with Gasteiger partial charge in [-0.2, -0.15) is 0 Å². The zero-order valence-corrected chi connectivity index (χ0v) is 15.7. The predicted molar refractivity (Wildman–Crippen MR) is 108 cm³/mol. The van der Waals surface area contributed by atoms with Crippen LogP contribution in [0.2, 0.25) is 0 Å². The predicted octanol–water partition coefficient (Wildman–Crippen LogP) is 3.99. The lowest BCUT2D eigenvalue weighted by molar-refractivity contribution is -0.384. The molecule has 1 atom stereocenters. The molecule has 0 fully saturated rings. The van der Waals surface area contributed by atoms with Gasteiger partial charge in [0.15, 0.2) is 5.43 Å². The van der Waals surface area contributed by atoms with Crippen LogP contribution in [0.4, 0.5) is 15.9 Å². The average molecular weight is 417 g/mol. The van der Waals surface area contributed by atoms with E-state index in [9.17, 15) is 24.1 Å².